The summed E-state index contributed by atoms with van der Waals surface area (Å²) in [5, 5.41) is 8.79. The van der Waals surface area contributed by atoms with Gasteiger partial charge in [0.05, 0.1) is 0 Å². The van der Waals surface area contributed by atoms with E-state index in [0.717, 1.165) is 30.8 Å². The Balaban J connectivity index is 2.24. The minimum atomic E-state index is -0.174. The van der Waals surface area contributed by atoms with Crippen LogP contribution in [0.25, 0.3) is 0 Å². The van der Waals surface area contributed by atoms with E-state index in [9.17, 15) is 4.79 Å². The van der Waals surface area contributed by atoms with Crippen molar-refractivity contribution in [2.75, 3.05) is 33.3 Å². The fraction of sp³-hybridized carbons (Fsp3) is 0.471. The molecule has 4 nitrogen and oxygen atoms in total. The minimum absolute atomic E-state index is 0.0614. The predicted molar refractivity (Wildman–Crippen MR) is 83.1 cm³/mol. The van der Waals surface area contributed by atoms with E-state index in [1.165, 1.54) is 0 Å². The van der Waals surface area contributed by atoms with E-state index in [1.807, 2.05) is 30.0 Å². The maximum atomic E-state index is 12.7. The minimum Gasteiger partial charge on any atom is -0.384 e. The van der Waals surface area contributed by atoms with Crippen molar-refractivity contribution in [3.63, 3.8) is 0 Å². The van der Waals surface area contributed by atoms with Crippen molar-refractivity contribution in [1.29, 1.82) is 0 Å². The highest BCUT2D eigenvalue weighted by Gasteiger charge is 2.26. The van der Waals surface area contributed by atoms with Gasteiger partial charge in [-0.05, 0) is 44.7 Å². The Morgan fingerprint density at radius 1 is 1.38 bits per heavy atom. The van der Waals surface area contributed by atoms with Crippen LogP contribution in [-0.2, 0) is 0 Å². The molecule has 4 heteroatoms. The number of carbonyl (C=O) groups is 1. The zero-order valence-corrected chi connectivity index (χ0v) is 12.9. The van der Waals surface area contributed by atoms with Crippen LogP contribution in [0.1, 0.15) is 28.4 Å². The number of piperazine rings is 1. The second-order valence-electron chi connectivity index (χ2n) is 5.66. The maximum absolute atomic E-state index is 12.7. The first-order chi connectivity index (χ1) is 10.0. The molecule has 2 rings (SSSR count). The molecule has 21 heavy (non-hydrogen) atoms. The molecular weight excluding hydrogens is 264 g/mol. The molecular formula is C17H22N2O2. The quantitative estimate of drug-likeness (QED) is 0.787. The van der Waals surface area contributed by atoms with Crippen LogP contribution in [-0.4, -0.2) is 60.1 Å². The fourth-order valence-electron chi connectivity index (χ4n) is 2.73. The number of aliphatic hydroxyl groups excluding tert-OH is 1. The molecule has 1 unspecified atom stereocenters. The molecule has 1 atom stereocenters. The smallest absolute Gasteiger partial charge is 0.254 e. The molecule has 0 aliphatic carbocycles. The van der Waals surface area contributed by atoms with Crippen LogP contribution in [0.4, 0.5) is 0 Å². The molecule has 1 aliphatic rings. The summed E-state index contributed by atoms with van der Waals surface area (Å²) in [6, 6.07) is 5.84. The lowest BCUT2D eigenvalue weighted by Crippen LogP contribution is -2.52. The Hall–Kier alpha value is -1.83. The van der Waals surface area contributed by atoms with Crippen LogP contribution in [0.3, 0.4) is 0 Å². The van der Waals surface area contributed by atoms with Crippen molar-refractivity contribution in [2.24, 2.45) is 0 Å². The largest absolute Gasteiger partial charge is 0.384 e. The number of aliphatic hydroxyl groups is 1. The van der Waals surface area contributed by atoms with E-state index in [0.29, 0.717) is 5.56 Å². The number of hydrogen-bond donors (Lipinski definition) is 1. The Kier molecular flexibility index (Phi) is 5.00. The van der Waals surface area contributed by atoms with E-state index in [1.54, 1.807) is 0 Å². The maximum Gasteiger partial charge on any atom is 0.254 e. The van der Waals surface area contributed by atoms with Crippen molar-refractivity contribution in [1.82, 2.24) is 9.80 Å². The van der Waals surface area contributed by atoms with Crippen molar-refractivity contribution in [3.05, 3.63) is 34.9 Å². The van der Waals surface area contributed by atoms with Gasteiger partial charge in [-0.1, -0.05) is 11.8 Å². The van der Waals surface area contributed by atoms with Crippen molar-refractivity contribution < 1.29 is 9.90 Å². The average Bonchev–Trinajstić information content (AvgIpc) is 2.44. The van der Waals surface area contributed by atoms with Gasteiger partial charge in [0.2, 0.25) is 0 Å². The summed E-state index contributed by atoms with van der Waals surface area (Å²) in [5.41, 5.74) is 2.45. The van der Waals surface area contributed by atoms with E-state index in [2.05, 4.69) is 30.7 Å². The van der Waals surface area contributed by atoms with Gasteiger partial charge in [0.15, 0.2) is 0 Å². The summed E-state index contributed by atoms with van der Waals surface area (Å²) < 4.78 is 0. The molecule has 0 radical (unpaired) electrons. The molecule has 1 N–H and O–H groups in total. The van der Waals surface area contributed by atoms with Crippen LogP contribution >= 0.6 is 0 Å². The molecule has 1 saturated heterocycles. The number of hydrogen-bond acceptors (Lipinski definition) is 3. The molecule has 0 saturated carbocycles. The van der Waals surface area contributed by atoms with Gasteiger partial charge < -0.3 is 14.9 Å². The number of nitrogens with zero attached hydrogens (tertiary/aromatic N) is 2. The summed E-state index contributed by atoms with van der Waals surface area (Å²) >= 11 is 0. The molecule has 1 aromatic carbocycles. The fourth-order valence-corrected chi connectivity index (χ4v) is 2.73. The third kappa shape index (κ3) is 3.84. The monoisotopic (exact) mass is 286 g/mol. The Labute approximate surface area is 126 Å². The molecule has 1 amide bonds. The highest BCUT2D eigenvalue weighted by molar-refractivity contribution is 5.95. The van der Waals surface area contributed by atoms with Gasteiger partial charge in [-0.15, -0.1) is 0 Å². The van der Waals surface area contributed by atoms with Crippen molar-refractivity contribution in [3.8, 4) is 11.8 Å². The summed E-state index contributed by atoms with van der Waals surface area (Å²) in [7, 11) is 2.08. The average molecular weight is 286 g/mol. The van der Waals surface area contributed by atoms with E-state index >= 15 is 0 Å². The van der Waals surface area contributed by atoms with Gasteiger partial charge in [0.25, 0.3) is 5.91 Å². The molecule has 1 aliphatic heterocycles. The Morgan fingerprint density at radius 3 is 2.81 bits per heavy atom. The van der Waals surface area contributed by atoms with Gasteiger partial charge in [-0.3, -0.25) is 4.79 Å². The Morgan fingerprint density at radius 2 is 2.14 bits per heavy atom. The highest BCUT2D eigenvalue weighted by Crippen LogP contribution is 2.16. The van der Waals surface area contributed by atoms with Crippen molar-refractivity contribution in [2.45, 2.75) is 19.9 Å². The van der Waals surface area contributed by atoms with E-state index in [4.69, 9.17) is 5.11 Å². The van der Waals surface area contributed by atoms with Crippen LogP contribution in [0.15, 0.2) is 18.2 Å². The van der Waals surface area contributed by atoms with Crippen molar-refractivity contribution >= 4 is 5.91 Å². The number of amides is 1. The highest BCUT2D eigenvalue weighted by atomic mass is 16.2. The normalized spacial score (nSPS) is 19.0. The van der Waals surface area contributed by atoms with Gasteiger partial charge in [0.1, 0.15) is 6.61 Å². The van der Waals surface area contributed by atoms with Gasteiger partial charge in [-0.25, -0.2) is 0 Å². The number of aryl methyl sites for hydroxylation is 1. The van der Waals surface area contributed by atoms with Gasteiger partial charge >= 0.3 is 0 Å². The first-order valence-corrected chi connectivity index (χ1v) is 7.22. The standard InChI is InChI=1S/C17H22N2O2/c1-13-9-15(5-4-8-20)11-16(10-13)17(21)19-7-6-18(3)12-14(19)2/h9-11,14,20H,6-8,12H2,1-3H3. The van der Waals surface area contributed by atoms with Gasteiger partial charge in [0, 0.05) is 36.8 Å². The van der Waals surface area contributed by atoms with Crippen LogP contribution < -0.4 is 0 Å². The number of carbonyl (C=O) groups excluding carboxylic acids is 1. The summed E-state index contributed by atoms with van der Waals surface area (Å²) in [6.45, 7) is 6.41. The number of benzene rings is 1. The van der Waals surface area contributed by atoms with Gasteiger partial charge in [-0.2, -0.15) is 0 Å². The zero-order chi connectivity index (χ0) is 15.4. The lowest BCUT2D eigenvalue weighted by atomic mass is 10.0. The molecule has 1 heterocycles. The molecule has 1 fully saturated rings. The van der Waals surface area contributed by atoms with Crippen LogP contribution in [0, 0.1) is 18.8 Å². The lowest BCUT2D eigenvalue weighted by molar-refractivity contribution is 0.0533. The third-order valence-corrected chi connectivity index (χ3v) is 3.73. The first-order valence-electron chi connectivity index (χ1n) is 7.22. The lowest BCUT2D eigenvalue weighted by Gasteiger charge is -2.38. The zero-order valence-electron chi connectivity index (χ0n) is 12.9. The third-order valence-electron chi connectivity index (χ3n) is 3.73. The number of rotatable bonds is 1. The molecule has 112 valence electrons. The predicted octanol–water partition coefficient (Wildman–Crippen LogP) is 1.11. The molecule has 1 aromatic rings. The molecule has 0 bridgehead atoms. The summed E-state index contributed by atoms with van der Waals surface area (Å²) in [6.07, 6.45) is 0. The summed E-state index contributed by atoms with van der Waals surface area (Å²) in [4.78, 5) is 16.9. The second-order valence-corrected chi connectivity index (χ2v) is 5.66. The molecule has 0 aromatic heterocycles. The van der Waals surface area contributed by atoms with E-state index < -0.39 is 0 Å². The second kappa shape index (κ2) is 6.75. The first kappa shape index (κ1) is 15.6. The Bertz CT molecular complexity index is 586. The SMILES string of the molecule is Cc1cc(C#CCO)cc(C(=O)N2CCN(C)CC2C)c1. The number of likely N-dealkylation sites (N-methyl/N-ethyl adjacent to an activating group) is 1. The summed E-state index contributed by atoms with van der Waals surface area (Å²) in [5.74, 6) is 5.56. The van der Waals surface area contributed by atoms with E-state index in [-0.39, 0.29) is 18.6 Å². The van der Waals surface area contributed by atoms with Crippen LogP contribution in [0.2, 0.25) is 0 Å². The topological polar surface area (TPSA) is 43.8 Å². The molecule has 0 spiro atoms. The van der Waals surface area contributed by atoms with Crippen LogP contribution in [0.5, 0.6) is 0 Å².